The van der Waals surface area contributed by atoms with Gasteiger partial charge in [0.1, 0.15) is 24.0 Å². The molecule has 57 heavy (non-hydrogen) atoms. The maximum Gasteiger partial charge on any atom is 0.269 e. The highest BCUT2D eigenvalue weighted by Crippen LogP contribution is 2.58. The predicted octanol–water partition coefficient (Wildman–Crippen LogP) is 3.35. The van der Waals surface area contributed by atoms with Crippen molar-refractivity contribution in [2.45, 2.75) is 58.7 Å². The number of nitrogens with zero attached hydrogens (tertiary/aromatic N) is 8. The molecule has 1 atom stereocenters. The number of carbonyl (C=O) groups excluding carboxylic acids is 5. The van der Waals surface area contributed by atoms with E-state index in [9.17, 15) is 29.2 Å². The lowest BCUT2D eigenvalue weighted by atomic mass is 9.48. The zero-order valence-corrected chi connectivity index (χ0v) is 33.0. The molecular weight excluding hydrogens is 750 g/mol. The average Bonchev–Trinajstić information content (AvgIpc) is 3.41. The number of amides is 5. The summed E-state index contributed by atoms with van der Waals surface area (Å²) < 4.78 is 6.39. The number of hydrogen-bond acceptors (Lipinski definition) is 12. The summed E-state index contributed by atoms with van der Waals surface area (Å²) >= 11 is 6.27. The van der Waals surface area contributed by atoms with Crippen molar-refractivity contribution < 1.29 is 28.7 Å². The summed E-state index contributed by atoms with van der Waals surface area (Å²) in [6.07, 6.45) is -0.367. The largest absolute Gasteiger partial charge is 0.489 e. The quantitative estimate of drug-likeness (QED) is 0.312. The molecule has 0 spiro atoms. The highest BCUT2D eigenvalue weighted by molar-refractivity contribution is 6.31. The fourth-order valence-electron chi connectivity index (χ4n) is 9.95. The molecule has 0 bridgehead atoms. The van der Waals surface area contributed by atoms with Crippen LogP contribution in [0.4, 0.5) is 11.5 Å². The first-order valence-corrected chi connectivity index (χ1v) is 19.6. The summed E-state index contributed by atoms with van der Waals surface area (Å²) in [5, 5.41) is 17.6. The molecule has 0 radical (unpaired) electrons. The lowest BCUT2D eigenvalue weighted by Gasteiger charge is -2.65. The third-order valence-corrected chi connectivity index (χ3v) is 12.7. The average molecular weight is 794 g/mol. The van der Waals surface area contributed by atoms with Gasteiger partial charge in [-0.1, -0.05) is 39.3 Å². The summed E-state index contributed by atoms with van der Waals surface area (Å²) in [4.78, 5) is 76.2. The number of nitriles is 1. The number of anilines is 2. The molecule has 15 nitrogen and oxygen atoms in total. The summed E-state index contributed by atoms with van der Waals surface area (Å²) in [5.74, 6) is -0.913. The minimum Gasteiger partial charge on any atom is -0.489 e. The summed E-state index contributed by atoms with van der Waals surface area (Å²) in [7, 11) is 0. The number of primary amides is 1. The van der Waals surface area contributed by atoms with Gasteiger partial charge >= 0.3 is 0 Å². The lowest BCUT2D eigenvalue weighted by molar-refractivity contribution is -0.216. The van der Waals surface area contributed by atoms with E-state index in [-0.39, 0.29) is 40.6 Å². The van der Waals surface area contributed by atoms with Crippen molar-refractivity contribution in [3.8, 4) is 11.8 Å². The molecule has 296 valence electrons. The molecule has 2 aromatic carbocycles. The zero-order chi connectivity index (χ0) is 40.6. The standard InChI is InChI=1S/C41H44ClN9O6/c1-40(2)38(41(3,4)39(40)57-26-7-5-24(19-43)29(42)18-26)51-33(52)12-10-31(37(51)56)50-35(54)27-8-6-25(17-28(27)36(50)55)48-15-13-47(14-16-48)20-23-21-49(22-23)32-11-9-30(34(44)53)45-46-32/h5-9,11,17-18,23,31,38-39H,10,12-16,20-22H2,1-4H3,(H2,44,53). The van der Waals surface area contributed by atoms with E-state index in [1.54, 1.807) is 42.5 Å². The van der Waals surface area contributed by atoms with Gasteiger partial charge in [-0.05, 0) is 48.9 Å². The number of nitrogens with two attached hydrogens (primary N) is 1. The number of benzene rings is 2. The molecule has 1 unspecified atom stereocenters. The van der Waals surface area contributed by atoms with E-state index in [2.05, 4.69) is 24.9 Å². The van der Waals surface area contributed by atoms with Crippen LogP contribution in [0.15, 0.2) is 48.5 Å². The minimum atomic E-state index is -1.12. The Bertz CT molecular complexity index is 2210. The summed E-state index contributed by atoms with van der Waals surface area (Å²) in [6, 6.07) is 13.8. The topological polar surface area (TPSA) is 186 Å². The molecule has 16 heteroatoms. The predicted molar refractivity (Wildman–Crippen MR) is 209 cm³/mol. The van der Waals surface area contributed by atoms with E-state index in [0.29, 0.717) is 17.2 Å². The van der Waals surface area contributed by atoms with Crippen molar-refractivity contribution in [2.75, 3.05) is 55.6 Å². The van der Waals surface area contributed by atoms with E-state index in [4.69, 9.17) is 22.1 Å². The monoisotopic (exact) mass is 793 g/mol. The molecule has 4 fully saturated rings. The third kappa shape index (κ3) is 6.44. The van der Waals surface area contributed by atoms with Crippen LogP contribution in [0.5, 0.6) is 5.75 Å². The van der Waals surface area contributed by atoms with Crippen LogP contribution >= 0.6 is 11.6 Å². The number of rotatable bonds is 9. The van der Waals surface area contributed by atoms with Crippen LogP contribution in [0.25, 0.3) is 0 Å². The van der Waals surface area contributed by atoms with Crippen molar-refractivity contribution in [1.82, 2.24) is 24.9 Å². The second-order valence-corrected chi connectivity index (χ2v) is 17.3. The third-order valence-electron chi connectivity index (χ3n) is 12.4. The first-order chi connectivity index (χ1) is 27.1. The van der Waals surface area contributed by atoms with Crippen LogP contribution in [0.2, 0.25) is 5.02 Å². The first kappa shape index (κ1) is 38.3. The maximum atomic E-state index is 14.4. The Labute approximate surface area is 335 Å². The number of hydrogen-bond donors (Lipinski definition) is 1. The van der Waals surface area contributed by atoms with E-state index >= 15 is 0 Å². The van der Waals surface area contributed by atoms with Gasteiger partial charge < -0.3 is 20.3 Å². The normalized spacial score (nSPS) is 24.5. The van der Waals surface area contributed by atoms with E-state index in [1.807, 2.05) is 39.8 Å². The van der Waals surface area contributed by atoms with Crippen molar-refractivity contribution >= 4 is 52.6 Å². The molecule has 3 saturated heterocycles. The van der Waals surface area contributed by atoms with Crippen molar-refractivity contribution in [3.05, 3.63) is 75.9 Å². The minimum absolute atomic E-state index is 0.00971. The van der Waals surface area contributed by atoms with Crippen LogP contribution in [0.3, 0.4) is 0 Å². The first-order valence-electron chi connectivity index (χ1n) is 19.2. The van der Waals surface area contributed by atoms with Gasteiger partial charge in [0, 0.05) is 80.7 Å². The van der Waals surface area contributed by atoms with Crippen LogP contribution in [0, 0.1) is 28.1 Å². The van der Waals surface area contributed by atoms with Gasteiger partial charge in [0.25, 0.3) is 23.6 Å². The van der Waals surface area contributed by atoms with Gasteiger partial charge in [-0.25, -0.2) is 0 Å². The summed E-state index contributed by atoms with van der Waals surface area (Å²) in [6.45, 7) is 13.5. The number of ether oxygens (including phenoxy) is 1. The second-order valence-electron chi connectivity index (χ2n) is 16.9. The fraction of sp³-hybridized carbons (Fsp3) is 0.463. The lowest BCUT2D eigenvalue weighted by Crippen LogP contribution is -2.77. The van der Waals surface area contributed by atoms with E-state index < -0.39 is 52.6 Å². The van der Waals surface area contributed by atoms with Gasteiger partial charge in [-0.3, -0.25) is 38.7 Å². The highest BCUT2D eigenvalue weighted by atomic mass is 35.5. The van der Waals surface area contributed by atoms with E-state index in [1.165, 1.54) is 4.90 Å². The number of piperidine rings is 1. The molecule has 5 heterocycles. The number of piperazine rings is 1. The molecule has 5 aliphatic rings. The Hall–Kier alpha value is -5.59. The van der Waals surface area contributed by atoms with Crippen LogP contribution in [-0.4, -0.2) is 118 Å². The van der Waals surface area contributed by atoms with Gasteiger partial charge in [0.2, 0.25) is 5.91 Å². The molecule has 3 aromatic rings. The Morgan fingerprint density at radius 3 is 2.23 bits per heavy atom. The molecule has 2 N–H and O–H groups in total. The summed E-state index contributed by atoms with van der Waals surface area (Å²) in [5.41, 5.74) is 5.68. The van der Waals surface area contributed by atoms with Crippen molar-refractivity contribution in [1.29, 1.82) is 5.26 Å². The van der Waals surface area contributed by atoms with Gasteiger partial charge in [-0.15, -0.1) is 10.2 Å². The number of likely N-dealkylation sites (tertiary alicyclic amines) is 1. The number of fused-ring (bicyclic) bond motifs is 1. The zero-order valence-electron chi connectivity index (χ0n) is 32.3. The number of halogens is 1. The molecule has 4 aliphatic heterocycles. The number of imide groups is 2. The SMILES string of the molecule is CC1(C)C(Oc2ccc(C#N)c(Cl)c2)C(C)(C)C1N1C(=O)CCC(N2C(=O)c3ccc(N4CCN(CC5CN(c6ccc(C(N)=O)nn6)C5)CC4)cc3C2=O)C1=O. The van der Waals surface area contributed by atoms with Crippen LogP contribution in [0.1, 0.15) is 77.3 Å². The fourth-order valence-corrected chi connectivity index (χ4v) is 10.2. The van der Waals surface area contributed by atoms with Crippen molar-refractivity contribution in [3.63, 3.8) is 0 Å². The highest BCUT2D eigenvalue weighted by Gasteiger charge is 2.68. The molecular formula is C41H44ClN9O6. The molecule has 5 amide bonds. The second kappa shape index (κ2) is 14.1. The van der Waals surface area contributed by atoms with E-state index in [0.717, 1.165) is 62.2 Å². The van der Waals surface area contributed by atoms with Gasteiger partial charge in [0.15, 0.2) is 11.5 Å². The molecule has 8 rings (SSSR count). The maximum absolute atomic E-state index is 14.4. The Kier molecular flexibility index (Phi) is 9.48. The molecule has 1 aromatic heterocycles. The van der Waals surface area contributed by atoms with Crippen molar-refractivity contribution in [2.24, 2.45) is 22.5 Å². The molecule has 1 saturated carbocycles. The number of aromatic nitrogens is 2. The Morgan fingerprint density at radius 2 is 1.60 bits per heavy atom. The van der Waals surface area contributed by atoms with Crippen LogP contribution in [-0.2, 0) is 9.59 Å². The van der Waals surface area contributed by atoms with Gasteiger partial charge in [-0.2, -0.15) is 5.26 Å². The van der Waals surface area contributed by atoms with Gasteiger partial charge in [0.05, 0.1) is 27.8 Å². The smallest absolute Gasteiger partial charge is 0.269 e. The van der Waals surface area contributed by atoms with Crippen LogP contribution < -0.4 is 20.3 Å². The Balaban J connectivity index is 0.898. The Morgan fingerprint density at radius 1 is 0.895 bits per heavy atom. The number of carbonyl (C=O) groups is 5. The molecule has 1 aliphatic carbocycles.